The van der Waals surface area contributed by atoms with Gasteiger partial charge in [-0.25, -0.2) is 0 Å². The van der Waals surface area contributed by atoms with Gasteiger partial charge in [0.05, 0.1) is 12.5 Å². The van der Waals surface area contributed by atoms with E-state index in [0.29, 0.717) is 12.5 Å². The zero-order valence-electron chi connectivity index (χ0n) is 9.78. The number of nitrogens with one attached hydrogen (secondary N) is 1. The molecule has 2 fully saturated rings. The second-order valence-electron chi connectivity index (χ2n) is 5.06. The summed E-state index contributed by atoms with van der Waals surface area (Å²) in [6.45, 7) is 0.725. The minimum absolute atomic E-state index is 0.537. The number of fused-ring (bicyclic) bond motifs is 2. The van der Waals surface area contributed by atoms with Crippen molar-refractivity contribution in [3.05, 3.63) is 0 Å². The van der Waals surface area contributed by atoms with E-state index in [1.54, 1.807) is 0 Å². The molecule has 2 aliphatic rings. The third-order valence-corrected chi connectivity index (χ3v) is 4.38. The quantitative estimate of drug-likeness (QED) is 0.761. The molecular formula is C12H19N3S. The Bertz CT molecular complexity index is 310. The third-order valence-electron chi connectivity index (χ3n) is 3.95. The van der Waals surface area contributed by atoms with Gasteiger partial charge >= 0.3 is 0 Å². The minimum atomic E-state index is 0.537. The predicted octanol–water partition coefficient (Wildman–Crippen LogP) is 1.89. The van der Waals surface area contributed by atoms with Crippen molar-refractivity contribution in [1.29, 1.82) is 5.26 Å². The van der Waals surface area contributed by atoms with Crippen molar-refractivity contribution >= 4 is 17.3 Å². The normalized spacial score (nSPS) is 31.1. The first-order chi connectivity index (χ1) is 7.70. The number of nitriles is 1. The van der Waals surface area contributed by atoms with E-state index in [-0.39, 0.29) is 0 Å². The molecule has 3 nitrogen and oxygen atoms in total. The van der Waals surface area contributed by atoms with E-state index < -0.39 is 0 Å². The van der Waals surface area contributed by atoms with Crippen LogP contribution in [0, 0.1) is 23.2 Å². The van der Waals surface area contributed by atoms with Crippen LogP contribution in [0.2, 0.25) is 0 Å². The number of hydrogen-bond donors (Lipinski definition) is 1. The predicted molar refractivity (Wildman–Crippen MR) is 67.8 cm³/mol. The van der Waals surface area contributed by atoms with Gasteiger partial charge in [-0.15, -0.1) is 0 Å². The highest BCUT2D eigenvalue weighted by atomic mass is 32.1. The van der Waals surface area contributed by atoms with Crippen LogP contribution in [-0.2, 0) is 0 Å². The Hall–Kier alpha value is -0.820. The molecule has 2 bridgehead atoms. The monoisotopic (exact) mass is 237 g/mol. The average molecular weight is 237 g/mol. The van der Waals surface area contributed by atoms with E-state index in [2.05, 4.69) is 11.4 Å². The second-order valence-corrected chi connectivity index (χ2v) is 5.45. The highest BCUT2D eigenvalue weighted by Gasteiger charge is 2.39. The fourth-order valence-corrected chi connectivity index (χ4v) is 3.25. The van der Waals surface area contributed by atoms with Crippen LogP contribution in [-0.4, -0.2) is 29.6 Å². The number of hydrogen-bond acceptors (Lipinski definition) is 2. The third kappa shape index (κ3) is 2.46. The zero-order chi connectivity index (χ0) is 11.5. The van der Waals surface area contributed by atoms with E-state index in [0.717, 1.165) is 23.5 Å². The van der Waals surface area contributed by atoms with Gasteiger partial charge in [-0.2, -0.15) is 5.26 Å². The maximum Gasteiger partial charge on any atom is 0.168 e. The summed E-state index contributed by atoms with van der Waals surface area (Å²) < 4.78 is 0. The van der Waals surface area contributed by atoms with Crippen molar-refractivity contribution < 1.29 is 0 Å². The Morgan fingerprint density at radius 2 is 2.31 bits per heavy atom. The topological polar surface area (TPSA) is 39.1 Å². The summed E-state index contributed by atoms with van der Waals surface area (Å²) in [7, 11) is 1.96. The van der Waals surface area contributed by atoms with Crippen molar-refractivity contribution in [3.63, 3.8) is 0 Å². The Balaban J connectivity index is 1.77. The van der Waals surface area contributed by atoms with E-state index >= 15 is 0 Å². The Morgan fingerprint density at radius 1 is 1.50 bits per heavy atom. The SMILES string of the molecule is CN(CCC#N)C(=S)NC1CC2CCC1C2. The molecule has 3 atom stereocenters. The van der Waals surface area contributed by atoms with Gasteiger partial charge in [-0.1, -0.05) is 6.42 Å². The molecule has 0 aromatic carbocycles. The fourth-order valence-electron chi connectivity index (χ4n) is 3.01. The highest BCUT2D eigenvalue weighted by Crippen LogP contribution is 2.44. The van der Waals surface area contributed by atoms with Gasteiger partial charge in [0.25, 0.3) is 0 Å². The van der Waals surface area contributed by atoms with Crippen molar-refractivity contribution in [2.45, 2.75) is 38.1 Å². The fraction of sp³-hybridized carbons (Fsp3) is 0.833. The van der Waals surface area contributed by atoms with Gasteiger partial charge in [0.2, 0.25) is 0 Å². The van der Waals surface area contributed by atoms with Crippen LogP contribution in [0.25, 0.3) is 0 Å². The summed E-state index contributed by atoms with van der Waals surface area (Å²) >= 11 is 5.35. The largest absolute Gasteiger partial charge is 0.360 e. The first-order valence-corrected chi connectivity index (χ1v) is 6.50. The van der Waals surface area contributed by atoms with Crippen molar-refractivity contribution in [3.8, 4) is 6.07 Å². The number of thiocarbonyl (C=S) groups is 1. The first kappa shape index (κ1) is 11.7. The molecule has 0 amide bonds. The van der Waals surface area contributed by atoms with E-state index in [4.69, 9.17) is 17.5 Å². The summed E-state index contributed by atoms with van der Waals surface area (Å²) in [4.78, 5) is 1.98. The maximum absolute atomic E-state index is 8.53. The van der Waals surface area contributed by atoms with E-state index in [9.17, 15) is 0 Å². The molecule has 0 heterocycles. The van der Waals surface area contributed by atoms with Crippen LogP contribution in [0.3, 0.4) is 0 Å². The standard InChI is InChI=1S/C12H19N3S/c1-15(6-2-5-13)12(16)14-11-8-9-3-4-10(11)7-9/h9-11H,2-4,6-8H2,1H3,(H,14,16). The molecule has 2 aliphatic carbocycles. The van der Waals surface area contributed by atoms with Crippen LogP contribution in [0.5, 0.6) is 0 Å². The molecule has 2 rings (SSSR count). The smallest absolute Gasteiger partial charge is 0.168 e. The average Bonchev–Trinajstić information content (AvgIpc) is 2.87. The molecule has 16 heavy (non-hydrogen) atoms. The van der Waals surface area contributed by atoms with Gasteiger partial charge in [0.15, 0.2) is 5.11 Å². The van der Waals surface area contributed by atoms with Gasteiger partial charge in [-0.3, -0.25) is 0 Å². The van der Waals surface area contributed by atoms with Crippen molar-refractivity contribution in [2.75, 3.05) is 13.6 Å². The molecule has 1 N–H and O–H groups in total. The van der Waals surface area contributed by atoms with E-state index in [1.165, 1.54) is 25.7 Å². The lowest BCUT2D eigenvalue weighted by atomic mass is 9.95. The lowest BCUT2D eigenvalue weighted by molar-refractivity contribution is 0.375. The second kappa shape index (κ2) is 5.01. The summed E-state index contributed by atoms with van der Waals surface area (Å²) in [5, 5.41) is 12.8. The van der Waals surface area contributed by atoms with Crippen LogP contribution < -0.4 is 5.32 Å². The van der Waals surface area contributed by atoms with Gasteiger partial charge < -0.3 is 10.2 Å². The Morgan fingerprint density at radius 3 is 2.88 bits per heavy atom. The molecule has 0 aromatic heterocycles. The minimum Gasteiger partial charge on any atom is -0.360 e. The molecule has 0 spiro atoms. The Kier molecular flexibility index (Phi) is 3.65. The number of rotatable bonds is 3. The molecule has 88 valence electrons. The van der Waals surface area contributed by atoms with E-state index in [1.807, 2.05) is 11.9 Å². The lowest BCUT2D eigenvalue weighted by Gasteiger charge is -2.28. The zero-order valence-corrected chi connectivity index (χ0v) is 10.6. The number of nitrogens with zero attached hydrogens (tertiary/aromatic N) is 2. The van der Waals surface area contributed by atoms with Crippen LogP contribution in [0.4, 0.5) is 0 Å². The molecule has 0 saturated heterocycles. The molecule has 0 radical (unpaired) electrons. The summed E-state index contributed by atoms with van der Waals surface area (Å²) in [5.74, 6) is 1.78. The highest BCUT2D eigenvalue weighted by molar-refractivity contribution is 7.80. The molecule has 0 aliphatic heterocycles. The molecule has 0 aromatic rings. The van der Waals surface area contributed by atoms with Gasteiger partial charge in [0, 0.05) is 19.6 Å². The summed E-state index contributed by atoms with van der Waals surface area (Å²) in [5.41, 5.74) is 0. The molecule has 2 saturated carbocycles. The van der Waals surface area contributed by atoms with Gasteiger partial charge in [-0.05, 0) is 43.3 Å². The van der Waals surface area contributed by atoms with Crippen LogP contribution in [0.15, 0.2) is 0 Å². The summed E-state index contributed by atoms with van der Waals surface area (Å²) in [6.07, 6.45) is 6.00. The molecular weight excluding hydrogens is 218 g/mol. The van der Waals surface area contributed by atoms with Crippen molar-refractivity contribution in [1.82, 2.24) is 10.2 Å². The molecule has 4 heteroatoms. The van der Waals surface area contributed by atoms with Crippen LogP contribution >= 0.6 is 12.2 Å². The van der Waals surface area contributed by atoms with Gasteiger partial charge in [0.1, 0.15) is 0 Å². The first-order valence-electron chi connectivity index (χ1n) is 6.09. The van der Waals surface area contributed by atoms with Crippen molar-refractivity contribution in [2.24, 2.45) is 11.8 Å². The Labute approximate surface area is 103 Å². The maximum atomic E-state index is 8.53. The lowest BCUT2D eigenvalue weighted by Crippen LogP contribution is -2.45. The van der Waals surface area contributed by atoms with Crippen LogP contribution in [0.1, 0.15) is 32.1 Å². The molecule has 3 unspecified atom stereocenters. The summed E-state index contributed by atoms with van der Waals surface area (Å²) in [6, 6.07) is 2.74.